The van der Waals surface area contributed by atoms with Gasteiger partial charge in [-0.15, -0.1) is 10.2 Å². The first-order valence-corrected chi connectivity index (χ1v) is 22.0. The molecule has 0 aliphatic rings. The minimum atomic E-state index is 0.744. The summed E-state index contributed by atoms with van der Waals surface area (Å²) in [6, 6.07) is 58.9. The Morgan fingerprint density at radius 3 is 1.08 bits per heavy atom. The second kappa shape index (κ2) is 22.0. The van der Waals surface area contributed by atoms with Crippen LogP contribution in [0, 0.1) is 0 Å². The largest absolute Gasteiger partial charge is 0.494 e. The number of rotatable bonds is 22. The van der Waals surface area contributed by atoms with Crippen LogP contribution in [-0.2, 0) is 13.1 Å². The van der Waals surface area contributed by atoms with E-state index < -0.39 is 0 Å². The molecule has 2 heterocycles. The van der Waals surface area contributed by atoms with Crippen LogP contribution in [0.4, 0.5) is 0 Å². The van der Waals surface area contributed by atoms with Gasteiger partial charge in [0.05, 0.1) is 25.6 Å². The molecule has 0 saturated carbocycles. The number of benzene rings is 6. The number of unbranched alkanes of at least 4 members (excludes halogenated alkanes) is 6. The Kier molecular flexibility index (Phi) is 14.8. The molecule has 0 spiro atoms. The molecule has 0 bridgehead atoms. The Morgan fingerprint density at radius 2 is 0.694 bits per heavy atom. The molecule has 8 rings (SSSR count). The van der Waals surface area contributed by atoms with Crippen molar-refractivity contribution in [1.29, 1.82) is 0 Å². The van der Waals surface area contributed by atoms with Gasteiger partial charge in [0, 0.05) is 24.2 Å². The molecule has 0 amide bonds. The van der Waals surface area contributed by atoms with Gasteiger partial charge in [-0.3, -0.25) is 9.36 Å². The van der Waals surface area contributed by atoms with Gasteiger partial charge in [-0.05, 0) is 96.2 Å². The van der Waals surface area contributed by atoms with E-state index in [0.29, 0.717) is 0 Å². The van der Waals surface area contributed by atoms with E-state index in [1.54, 1.807) is 0 Å². The van der Waals surface area contributed by atoms with E-state index in [0.717, 1.165) is 145 Å². The number of nitrogens with zero attached hydrogens (tertiary/aromatic N) is 6. The third-order valence-electron chi connectivity index (χ3n) is 11.0. The zero-order chi connectivity index (χ0) is 42.0. The molecule has 0 unspecified atom stereocenters. The summed E-state index contributed by atoms with van der Waals surface area (Å²) >= 11 is 0. The van der Waals surface area contributed by atoms with Crippen molar-refractivity contribution in [2.45, 2.75) is 64.5 Å². The highest BCUT2D eigenvalue weighted by Crippen LogP contribution is 2.38. The van der Waals surface area contributed by atoms with Crippen molar-refractivity contribution in [2.75, 3.05) is 13.2 Å². The van der Waals surface area contributed by atoms with Gasteiger partial charge in [0.25, 0.3) is 0 Å². The molecular weight excluding hydrogens is 765 g/mol. The minimum absolute atomic E-state index is 0.744. The quantitative estimate of drug-likeness (QED) is 0.0500. The molecule has 0 atom stereocenters. The van der Waals surface area contributed by atoms with Crippen molar-refractivity contribution < 1.29 is 9.47 Å². The third kappa shape index (κ3) is 11.6. The second-order valence-corrected chi connectivity index (χ2v) is 15.5. The summed E-state index contributed by atoms with van der Waals surface area (Å²) < 4.78 is 15.6. The summed E-state index contributed by atoms with van der Waals surface area (Å²) in [6.45, 7) is 3.17. The van der Waals surface area contributed by atoms with E-state index >= 15 is 0 Å². The molecule has 0 aliphatic carbocycles. The smallest absolute Gasteiger partial charge is 0.119 e. The number of para-hydroxylation sites is 2. The number of ether oxygens (including phenoxy) is 2. The number of aryl methyl sites for hydroxylation is 2. The van der Waals surface area contributed by atoms with Crippen molar-refractivity contribution in [3.05, 3.63) is 205 Å². The summed E-state index contributed by atoms with van der Waals surface area (Å²) in [5, 5.41) is 18.0. The van der Waals surface area contributed by atoms with Crippen LogP contribution in [0.5, 0.6) is 11.5 Å². The maximum atomic E-state index is 5.84. The molecule has 0 fully saturated rings. The van der Waals surface area contributed by atoms with Crippen LogP contribution in [0.2, 0.25) is 0 Å². The predicted molar refractivity (Wildman–Crippen MR) is 250 cm³/mol. The SMILES string of the molecule is c1ccc(OCCCCCCn2cc(-c3ccc(C(=C(c4ccccc4)c4ccc(-c5cn(CCCCCCOc6ccccc6)nn5)cc4)c4ccccc4)cc3)nn2)cc1. The van der Waals surface area contributed by atoms with Crippen molar-refractivity contribution in [3.63, 3.8) is 0 Å². The molecule has 312 valence electrons. The molecular formula is C54H54N6O2. The van der Waals surface area contributed by atoms with Crippen LogP contribution in [0.15, 0.2) is 182 Å². The fourth-order valence-corrected chi connectivity index (χ4v) is 7.69. The lowest BCUT2D eigenvalue weighted by molar-refractivity contribution is 0.303. The van der Waals surface area contributed by atoms with Crippen LogP contribution >= 0.6 is 0 Å². The topological polar surface area (TPSA) is 79.9 Å². The van der Waals surface area contributed by atoms with Crippen molar-refractivity contribution in [2.24, 2.45) is 0 Å². The van der Waals surface area contributed by atoms with Crippen LogP contribution < -0.4 is 9.47 Å². The molecule has 62 heavy (non-hydrogen) atoms. The summed E-state index contributed by atoms with van der Waals surface area (Å²) in [5.74, 6) is 1.87. The van der Waals surface area contributed by atoms with Crippen LogP contribution in [0.1, 0.15) is 73.6 Å². The van der Waals surface area contributed by atoms with Crippen molar-refractivity contribution in [3.8, 4) is 34.0 Å². The number of aromatic nitrogens is 6. The minimum Gasteiger partial charge on any atom is -0.494 e. The van der Waals surface area contributed by atoms with Crippen LogP contribution in [-0.4, -0.2) is 43.2 Å². The molecule has 2 aromatic heterocycles. The van der Waals surface area contributed by atoms with Gasteiger partial charge < -0.3 is 9.47 Å². The first-order valence-electron chi connectivity index (χ1n) is 22.0. The zero-order valence-corrected chi connectivity index (χ0v) is 35.3. The summed E-state index contributed by atoms with van der Waals surface area (Å²) in [6.07, 6.45) is 12.8. The molecule has 8 heteroatoms. The van der Waals surface area contributed by atoms with Gasteiger partial charge in [-0.1, -0.05) is 169 Å². The van der Waals surface area contributed by atoms with Crippen molar-refractivity contribution in [1.82, 2.24) is 30.0 Å². The Balaban J connectivity index is 0.930. The number of hydrogen-bond acceptors (Lipinski definition) is 6. The Labute approximate surface area is 365 Å². The average molecular weight is 819 g/mol. The average Bonchev–Trinajstić information content (AvgIpc) is 4.02. The molecule has 8 aromatic rings. The molecule has 8 nitrogen and oxygen atoms in total. The highest BCUT2D eigenvalue weighted by molar-refractivity contribution is 6.04. The summed E-state index contributed by atoms with van der Waals surface area (Å²) in [5.41, 5.74) is 10.7. The van der Waals surface area contributed by atoms with Crippen molar-refractivity contribution >= 4 is 11.1 Å². The normalized spacial score (nSPS) is 11.6. The highest BCUT2D eigenvalue weighted by Gasteiger charge is 2.17. The molecule has 0 radical (unpaired) electrons. The second-order valence-electron chi connectivity index (χ2n) is 15.5. The van der Waals surface area contributed by atoms with Crippen LogP contribution in [0.3, 0.4) is 0 Å². The molecule has 0 aliphatic heterocycles. The number of hydrogen-bond donors (Lipinski definition) is 0. The summed E-state index contributed by atoms with van der Waals surface area (Å²) in [4.78, 5) is 0. The van der Waals surface area contributed by atoms with E-state index in [4.69, 9.17) is 9.47 Å². The monoisotopic (exact) mass is 818 g/mol. The van der Waals surface area contributed by atoms with E-state index in [9.17, 15) is 0 Å². The van der Waals surface area contributed by atoms with E-state index in [2.05, 4.69) is 142 Å². The molecule has 0 saturated heterocycles. The first-order chi connectivity index (χ1) is 30.8. The van der Waals surface area contributed by atoms with Gasteiger partial charge in [0.15, 0.2) is 0 Å². The van der Waals surface area contributed by atoms with Gasteiger partial charge in [-0.25, -0.2) is 0 Å². The maximum Gasteiger partial charge on any atom is 0.119 e. The maximum absolute atomic E-state index is 5.84. The lowest BCUT2D eigenvalue weighted by Gasteiger charge is -2.18. The Morgan fingerprint density at radius 1 is 0.355 bits per heavy atom. The van der Waals surface area contributed by atoms with E-state index in [1.807, 2.05) is 70.0 Å². The van der Waals surface area contributed by atoms with E-state index in [1.165, 1.54) is 0 Å². The third-order valence-corrected chi connectivity index (χ3v) is 11.0. The lowest BCUT2D eigenvalue weighted by atomic mass is 9.85. The van der Waals surface area contributed by atoms with Gasteiger partial charge in [-0.2, -0.15) is 0 Å². The fourth-order valence-electron chi connectivity index (χ4n) is 7.69. The fraction of sp³-hybridized carbons (Fsp3) is 0.222. The first kappa shape index (κ1) is 41.7. The van der Waals surface area contributed by atoms with E-state index in [-0.39, 0.29) is 0 Å². The zero-order valence-electron chi connectivity index (χ0n) is 35.3. The Bertz CT molecular complexity index is 2370. The van der Waals surface area contributed by atoms with Gasteiger partial charge in [0.2, 0.25) is 0 Å². The van der Waals surface area contributed by atoms with Gasteiger partial charge in [0.1, 0.15) is 22.9 Å². The molecule has 0 N–H and O–H groups in total. The van der Waals surface area contributed by atoms with Gasteiger partial charge >= 0.3 is 0 Å². The highest BCUT2D eigenvalue weighted by atomic mass is 16.5. The standard InChI is InChI=1S/C54H54N6O2/c1(3-19-39-61-49-25-13-7-14-26-49)17-37-59-41-51(55-57-59)43-29-33-47(34-30-43)53(45-21-9-5-10-22-45)54(46-23-11-6-12-24-46)48-35-31-44(32-36-48)52-42-60(58-56-52)38-18-2-4-20-40-62-50-27-15-8-16-28-50/h5-16,21-36,41-42H,1-4,17-20,37-40H2. The van der Waals surface area contributed by atoms with Crippen LogP contribution in [0.25, 0.3) is 33.7 Å². The lowest BCUT2D eigenvalue weighted by Crippen LogP contribution is -2.00. The Hall–Kier alpha value is -7.06. The molecule has 6 aromatic carbocycles. The summed E-state index contributed by atoms with van der Waals surface area (Å²) in [7, 11) is 0. The predicted octanol–water partition coefficient (Wildman–Crippen LogP) is 12.5.